The van der Waals surface area contributed by atoms with E-state index in [1.54, 1.807) is 0 Å². The van der Waals surface area contributed by atoms with Crippen molar-refractivity contribution in [1.29, 1.82) is 0 Å². The lowest BCUT2D eigenvalue weighted by Crippen LogP contribution is -2.18. The Balaban J connectivity index is 2.32. The van der Waals surface area contributed by atoms with Gasteiger partial charge in [0.15, 0.2) is 0 Å². The predicted molar refractivity (Wildman–Crippen MR) is 92.7 cm³/mol. The highest BCUT2D eigenvalue weighted by atomic mass is 35.5. The SMILES string of the molecule is CCN(/N=C(\C)c1ccccc1NC)c1ccc(Cl)cc1. The van der Waals surface area contributed by atoms with Gasteiger partial charge in [-0.1, -0.05) is 29.8 Å². The first-order valence-electron chi connectivity index (χ1n) is 7.01. The molecule has 0 unspecified atom stereocenters. The van der Waals surface area contributed by atoms with Crippen LogP contribution in [0.5, 0.6) is 0 Å². The molecule has 0 aliphatic rings. The number of hydrogen-bond acceptors (Lipinski definition) is 3. The van der Waals surface area contributed by atoms with Gasteiger partial charge in [-0.05, 0) is 44.2 Å². The summed E-state index contributed by atoms with van der Waals surface area (Å²) in [6.45, 7) is 4.89. The van der Waals surface area contributed by atoms with Crippen LogP contribution in [0.2, 0.25) is 5.02 Å². The van der Waals surface area contributed by atoms with Crippen molar-refractivity contribution < 1.29 is 0 Å². The molecule has 0 atom stereocenters. The summed E-state index contributed by atoms with van der Waals surface area (Å²) >= 11 is 5.94. The Morgan fingerprint density at radius 3 is 2.43 bits per heavy atom. The lowest BCUT2D eigenvalue weighted by molar-refractivity contribution is 0.892. The first-order chi connectivity index (χ1) is 10.2. The summed E-state index contributed by atoms with van der Waals surface area (Å²) in [6.07, 6.45) is 0. The largest absolute Gasteiger partial charge is 0.388 e. The van der Waals surface area contributed by atoms with Gasteiger partial charge in [0.25, 0.3) is 0 Å². The molecule has 110 valence electrons. The zero-order chi connectivity index (χ0) is 15.2. The first-order valence-corrected chi connectivity index (χ1v) is 7.39. The monoisotopic (exact) mass is 301 g/mol. The van der Waals surface area contributed by atoms with E-state index in [1.807, 2.05) is 61.4 Å². The summed E-state index contributed by atoms with van der Waals surface area (Å²) in [5.41, 5.74) is 4.18. The predicted octanol–water partition coefficient (Wildman–Crippen LogP) is 4.63. The minimum absolute atomic E-state index is 0.732. The molecule has 0 heterocycles. The Kier molecular flexibility index (Phi) is 5.23. The van der Waals surface area contributed by atoms with E-state index in [9.17, 15) is 0 Å². The molecular formula is C17H20ClN3. The zero-order valence-corrected chi connectivity index (χ0v) is 13.4. The maximum atomic E-state index is 5.94. The number of halogens is 1. The topological polar surface area (TPSA) is 27.6 Å². The Morgan fingerprint density at radius 1 is 1.14 bits per heavy atom. The molecule has 0 saturated heterocycles. The third-order valence-electron chi connectivity index (χ3n) is 3.28. The van der Waals surface area contributed by atoms with Crippen molar-refractivity contribution in [3.63, 3.8) is 0 Å². The van der Waals surface area contributed by atoms with Crippen molar-refractivity contribution in [3.8, 4) is 0 Å². The maximum Gasteiger partial charge on any atom is 0.0671 e. The van der Waals surface area contributed by atoms with Gasteiger partial charge >= 0.3 is 0 Å². The van der Waals surface area contributed by atoms with Crippen LogP contribution in [0.15, 0.2) is 53.6 Å². The van der Waals surface area contributed by atoms with Crippen LogP contribution in [0.3, 0.4) is 0 Å². The molecule has 0 aliphatic carbocycles. The van der Waals surface area contributed by atoms with E-state index in [4.69, 9.17) is 16.7 Å². The highest BCUT2D eigenvalue weighted by Crippen LogP contribution is 2.20. The Hall–Kier alpha value is -2.00. The van der Waals surface area contributed by atoms with Gasteiger partial charge in [-0.2, -0.15) is 5.10 Å². The molecule has 0 aliphatic heterocycles. The molecule has 4 heteroatoms. The molecule has 2 rings (SSSR count). The van der Waals surface area contributed by atoms with E-state index in [0.717, 1.165) is 34.2 Å². The van der Waals surface area contributed by atoms with Crippen molar-refractivity contribution in [2.75, 3.05) is 23.9 Å². The molecule has 0 aromatic heterocycles. The second-order valence-corrected chi connectivity index (χ2v) is 5.11. The number of anilines is 2. The quantitative estimate of drug-likeness (QED) is 0.644. The Morgan fingerprint density at radius 2 is 1.81 bits per heavy atom. The van der Waals surface area contributed by atoms with Gasteiger partial charge in [0.2, 0.25) is 0 Å². The average molecular weight is 302 g/mol. The lowest BCUT2D eigenvalue weighted by Gasteiger charge is -2.19. The lowest BCUT2D eigenvalue weighted by atomic mass is 10.1. The number of nitrogens with zero attached hydrogens (tertiary/aromatic N) is 2. The summed E-state index contributed by atoms with van der Waals surface area (Å²) in [5, 5.41) is 10.6. The summed E-state index contributed by atoms with van der Waals surface area (Å²) in [6, 6.07) is 15.9. The average Bonchev–Trinajstić information content (AvgIpc) is 2.53. The van der Waals surface area contributed by atoms with Crippen LogP contribution in [-0.4, -0.2) is 19.3 Å². The minimum Gasteiger partial charge on any atom is -0.388 e. The van der Waals surface area contributed by atoms with E-state index < -0.39 is 0 Å². The third-order valence-corrected chi connectivity index (χ3v) is 3.53. The number of rotatable bonds is 5. The molecule has 0 saturated carbocycles. The van der Waals surface area contributed by atoms with Crippen molar-refractivity contribution in [3.05, 3.63) is 59.1 Å². The fraction of sp³-hybridized carbons (Fsp3) is 0.235. The molecule has 0 bridgehead atoms. The van der Waals surface area contributed by atoms with Crippen LogP contribution >= 0.6 is 11.6 Å². The number of hydrogen-bond donors (Lipinski definition) is 1. The standard InChI is InChI=1S/C17H20ClN3/c1-4-21(15-11-9-14(18)10-12-15)20-13(2)16-7-5-6-8-17(16)19-3/h5-12,19H,4H2,1-3H3/b20-13+. The van der Waals surface area contributed by atoms with Gasteiger partial charge < -0.3 is 5.32 Å². The zero-order valence-electron chi connectivity index (χ0n) is 12.6. The number of benzene rings is 2. The van der Waals surface area contributed by atoms with Crippen molar-refractivity contribution in [1.82, 2.24) is 0 Å². The molecule has 3 nitrogen and oxygen atoms in total. The second kappa shape index (κ2) is 7.14. The van der Waals surface area contributed by atoms with Crippen LogP contribution in [0, 0.1) is 0 Å². The van der Waals surface area contributed by atoms with Crippen molar-refractivity contribution >= 4 is 28.7 Å². The van der Waals surface area contributed by atoms with Crippen LogP contribution in [0.25, 0.3) is 0 Å². The summed E-state index contributed by atoms with van der Waals surface area (Å²) in [5.74, 6) is 0. The smallest absolute Gasteiger partial charge is 0.0671 e. The molecule has 0 spiro atoms. The van der Waals surface area contributed by atoms with Gasteiger partial charge in [-0.3, -0.25) is 5.01 Å². The molecule has 1 N–H and O–H groups in total. The minimum atomic E-state index is 0.732. The van der Waals surface area contributed by atoms with Gasteiger partial charge in [0, 0.05) is 29.9 Å². The fourth-order valence-corrected chi connectivity index (χ4v) is 2.30. The van der Waals surface area contributed by atoms with E-state index in [-0.39, 0.29) is 0 Å². The maximum absolute atomic E-state index is 5.94. The van der Waals surface area contributed by atoms with Crippen LogP contribution < -0.4 is 10.3 Å². The molecule has 21 heavy (non-hydrogen) atoms. The molecule has 0 amide bonds. The number of para-hydroxylation sites is 1. The highest BCUT2D eigenvalue weighted by Gasteiger charge is 2.07. The molecular weight excluding hydrogens is 282 g/mol. The third kappa shape index (κ3) is 3.76. The van der Waals surface area contributed by atoms with Gasteiger partial charge in [0.1, 0.15) is 0 Å². The van der Waals surface area contributed by atoms with E-state index >= 15 is 0 Å². The Bertz CT molecular complexity index is 620. The van der Waals surface area contributed by atoms with Crippen molar-refractivity contribution in [2.45, 2.75) is 13.8 Å². The second-order valence-electron chi connectivity index (χ2n) is 4.67. The van der Waals surface area contributed by atoms with Gasteiger partial charge in [-0.15, -0.1) is 0 Å². The molecule has 0 fully saturated rings. The molecule has 2 aromatic rings. The van der Waals surface area contributed by atoms with Crippen LogP contribution in [0.1, 0.15) is 19.4 Å². The fourth-order valence-electron chi connectivity index (χ4n) is 2.18. The number of nitrogens with one attached hydrogen (secondary N) is 1. The van der Waals surface area contributed by atoms with E-state index in [1.165, 1.54) is 0 Å². The first kappa shape index (κ1) is 15.4. The highest BCUT2D eigenvalue weighted by molar-refractivity contribution is 6.30. The molecule has 0 radical (unpaired) electrons. The van der Waals surface area contributed by atoms with Crippen LogP contribution in [0.4, 0.5) is 11.4 Å². The normalized spacial score (nSPS) is 11.3. The summed E-state index contributed by atoms with van der Waals surface area (Å²) in [4.78, 5) is 0. The van der Waals surface area contributed by atoms with Gasteiger partial charge in [0.05, 0.1) is 11.4 Å². The van der Waals surface area contributed by atoms with Gasteiger partial charge in [-0.25, -0.2) is 0 Å². The number of hydrazone groups is 1. The van der Waals surface area contributed by atoms with Crippen LogP contribution in [-0.2, 0) is 0 Å². The van der Waals surface area contributed by atoms with Crippen molar-refractivity contribution in [2.24, 2.45) is 5.10 Å². The summed E-state index contributed by atoms with van der Waals surface area (Å²) in [7, 11) is 1.92. The Labute approximate surface area is 131 Å². The van der Waals surface area contributed by atoms with E-state index in [2.05, 4.69) is 18.3 Å². The summed E-state index contributed by atoms with van der Waals surface area (Å²) < 4.78 is 0. The van der Waals surface area contributed by atoms with E-state index in [0.29, 0.717) is 0 Å². The molecule has 2 aromatic carbocycles.